The van der Waals surface area contributed by atoms with Crippen LogP contribution in [0.1, 0.15) is 30.7 Å². The molecule has 6 heteroatoms. The molecule has 1 rings (SSSR count). The van der Waals surface area contributed by atoms with E-state index >= 15 is 0 Å². The van der Waals surface area contributed by atoms with E-state index in [1.807, 2.05) is 20.8 Å². The van der Waals surface area contributed by atoms with Crippen molar-refractivity contribution in [1.29, 1.82) is 0 Å². The fourth-order valence-corrected chi connectivity index (χ4v) is 2.09. The standard InChI is InChI=1S/C13H22N4OS/c1-5-17(7-8-18-6-2)13-11(12(14)19)9(3)10(4)15-16-13/h5-8H2,1-4H3,(H2,14,19). The summed E-state index contributed by atoms with van der Waals surface area (Å²) in [5.74, 6) is 0.748. The molecular weight excluding hydrogens is 260 g/mol. The molecule has 1 aromatic heterocycles. The van der Waals surface area contributed by atoms with E-state index in [9.17, 15) is 0 Å². The van der Waals surface area contributed by atoms with Crippen LogP contribution in [0.4, 0.5) is 5.82 Å². The second-order valence-electron chi connectivity index (χ2n) is 4.25. The molecule has 0 saturated carbocycles. The third kappa shape index (κ3) is 3.84. The van der Waals surface area contributed by atoms with Crippen molar-refractivity contribution in [3.8, 4) is 0 Å². The maximum atomic E-state index is 5.84. The van der Waals surface area contributed by atoms with Crippen LogP contribution < -0.4 is 10.6 Å². The summed E-state index contributed by atoms with van der Waals surface area (Å²) < 4.78 is 5.39. The molecule has 0 radical (unpaired) electrons. The molecule has 0 atom stereocenters. The number of nitrogens with two attached hydrogens (primary N) is 1. The molecule has 0 unspecified atom stereocenters. The zero-order valence-corrected chi connectivity index (χ0v) is 12.9. The summed E-state index contributed by atoms with van der Waals surface area (Å²) in [6.07, 6.45) is 0. The van der Waals surface area contributed by atoms with Crippen molar-refractivity contribution in [2.75, 3.05) is 31.2 Å². The summed E-state index contributed by atoms with van der Waals surface area (Å²) in [5.41, 5.74) is 8.50. The number of hydrogen-bond acceptors (Lipinski definition) is 5. The quantitative estimate of drug-likeness (QED) is 0.605. The number of rotatable bonds is 7. The molecule has 2 N–H and O–H groups in total. The Morgan fingerprint density at radius 3 is 2.53 bits per heavy atom. The van der Waals surface area contributed by atoms with Gasteiger partial charge in [0.2, 0.25) is 0 Å². The largest absolute Gasteiger partial charge is 0.389 e. The Labute approximate surface area is 120 Å². The molecule has 0 spiro atoms. The maximum absolute atomic E-state index is 5.84. The Bertz CT molecular complexity index is 451. The van der Waals surface area contributed by atoms with Gasteiger partial charge in [0.25, 0.3) is 0 Å². The van der Waals surface area contributed by atoms with Gasteiger partial charge in [0.1, 0.15) is 4.99 Å². The second kappa shape index (κ2) is 7.35. The zero-order chi connectivity index (χ0) is 14.4. The first-order valence-corrected chi connectivity index (χ1v) is 6.90. The molecule has 1 heterocycles. The van der Waals surface area contributed by atoms with Crippen molar-refractivity contribution in [1.82, 2.24) is 10.2 Å². The van der Waals surface area contributed by atoms with Crippen LogP contribution in [0.5, 0.6) is 0 Å². The predicted molar refractivity (Wildman–Crippen MR) is 81.8 cm³/mol. The Morgan fingerprint density at radius 1 is 1.32 bits per heavy atom. The van der Waals surface area contributed by atoms with Crippen LogP contribution in [0.2, 0.25) is 0 Å². The van der Waals surface area contributed by atoms with Crippen LogP contribution in [0.15, 0.2) is 0 Å². The molecule has 0 fully saturated rings. The summed E-state index contributed by atoms with van der Waals surface area (Å²) in [7, 11) is 0. The number of ether oxygens (including phenoxy) is 1. The van der Waals surface area contributed by atoms with E-state index in [4.69, 9.17) is 22.7 Å². The van der Waals surface area contributed by atoms with Crippen LogP contribution in [0, 0.1) is 13.8 Å². The minimum absolute atomic E-state index is 0.361. The minimum Gasteiger partial charge on any atom is -0.389 e. The first-order chi connectivity index (χ1) is 9.02. The van der Waals surface area contributed by atoms with Crippen LogP contribution in [-0.4, -0.2) is 41.5 Å². The maximum Gasteiger partial charge on any atom is 0.161 e. The zero-order valence-electron chi connectivity index (χ0n) is 12.1. The topological polar surface area (TPSA) is 64.3 Å². The van der Waals surface area contributed by atoms with E-state index in [2.05, 4.69) is 22.0 Å². The van der Waals surface area contributed by atoms with Gasteiger partial charge < -0.3 is 15.4 Å². The third-order valence-corrected chi connectivity index (χ3v) is 3.28. The summed E-state index contributed by atoms with van der Waals surface area (Å²) >= 11 is 5.15. The van der Waals surface area contributed by atoms with Gasteiger partial charge in [-0.3, -0.25) is 0 Å². The highest BCUT2D eigenvalue weighted by molar-refractivity contribution is 7.80. The Hall–Kier alpha value is -1.27. The number of anilines is 1. The first kappa shape index (κ1) is 15.8. The van der Waals surface area contributed by atoms with Crippen LogP contribution in [-0.2, 0) is 4.74 Å². The van der Waals surface area contributed by atoms with Crippen molar-refractivity contribution < 1.29 is 4.74 Å². The summed E-state index contributed by atoms with van der Waals surface area (Å²) in [4.78, 5) is 2.45. The van der Waals surface area contributed by atoms with Gasteiger partial charge in [-0.25, -0.2) is 0 Å². The lowest BCUT2D eigenvalue weighted by Crippen LogP contribution is -2.31. The van der Waals surface area contributed by atoms with Gasteiger partial charge >= 0.3 is 0 Å². The van der Waals surface area contributed by atoms with Crippen molar-refractivity contribution in [2.45, 2.75) is 27.7 Å². The molecule has 106 valence electrons. The highest BCUT2D eigenvalue weighted by Crippen LogP contribution is 2.21. The lowest BCUT2D eigenvalue weighted by atomic mass is 10.1. The molecule has 0 amide bonds. The van der Waals surface area contributed by atoms with E-state index in [1.165, 1.54) is 0 Å². The van der Waals surface area contributed by atoms with E-state index < -0.39 is 0 Å². The van der Waals surface area contributed by atoms with Crippen molar-refractivity contribution >= 4 is 23.0 Å². The molecule has 0 aliphatic heterocycles. The van der Waals surface area contributed by atoms with Crippen molar-refractivity contribution in [2.24, 2.45) is 5.73 Å². The highest BCUT2D eigenvalue weighted by Gasteiger charge is 2.18. The fourth-order valence-electron chi connectivity index (χ4n) is 1.85. The molecule has 0 bridgehead atoms. The first-order valence-electron chi connectivity index (χ1n) is 6.49. The lowest BCUT2D eigenvalue weighted by Gasteiger charge is -2.24. The van der Waals surface area contributed by atoms with E-state index in [0.29, 0.717) is 18.2 Å². The lowest BCUT2D eigenvalue weighted by molar-refractivity contribution is 0.154. The van der Waals surface area contributed by atoms with E-state index in [-0.39, 0.29) is 0 Å². The highest BCUT2D eigenvalue weighted by atomic mass is 32.1. The predicted octanol–water partition coefficient (Wildman–Crippen LogP) is 1.59. The van der Waals surface area contributed by atoms with Gasteiger partial charge in [-0.15, -0.1) is 5.10 Å². The van der Waals surface area contributed by atoms with Gasteiger partial charge in [-0.2, -0.15) is 5.10 Å². The Balaban J connectivity index is 3.09. The molecule has 5 nitrogen and oxygen atoms in total. The molecule has 0 aromatic carbocycles. The van der Waals surface area contributed by atoms with Crippen molar-refractivity contribution in [3.63, 3.8) is 0 Å². The monoisotopic (exact) mass is 282 g/mol. The number of likely N-dealkylation sites (N-methyl/N-ethyl adjacent to an activating group) is 1. The molecule has 0 aliphatic rings. The molecule has 0 saturated heterocycles. The number of thiocarbonyl (C=S) groups is 1. The number of nitrogens with zero attached hydrogens (tertiary/aromatic N) is 3. The van der Waals surface area contributed by atoms with Gasteiger partial charge in [0.05, 0.1) is 17.9 Å². The molecule has 1 aromatic rings. The number of aromatic nitrogens is 2. The average Bonchev–Trinajstić information content (AvgIpc) is 2.38. The van der Waals surface area contributed by atoms with Gasteiger partial charge in [0, 0.05) is 19.7 Å². The summed E-state index contributed by atoms with van der Waals surface area (Å²) in [6, 6.07) is 0. The SMILES string of the molecule is CCOCCN(CC)c1nnc(C)c(C)c1C(N)=S. The summed E-state index contributed by atoms with van der Waals surface area (Å²) in [5, 5.41) is 8.43. The molecular formula is C13H22N4OS. The number of hydrogen-bond donors (Lipinski definition) is 1. The molecule has 0 aliphatic carbocycles. The Kier molecular flexibility index (Phi) is 6.11. The third-order valence-electron chi connectivity index (χ3n) is 3.07. The smallest absolute Gasteiger partial charge is 0.161 e. The van der Waals surface area contributed by atoms with E-state index in [0.717, 1.165) is 35.7 Å². The molecule has 19 heavy (non-hydrogen) atoms. The van der Waals surface area contributed by atoms with Gasteiger partial charge in [-0.1, -0.05) is 12.2 Å². The van der Waals surface area contributed by atoms with Crippen LogP contribution in [0.3, 0.4) is 0 Å². The average molecular weight is 282 g/mol. The van der Waals surface area contributed by atoms with Crippen LogP contribution >= 0.6 is 12.2 Å². The van der Waals surface area contributed by atoms with Gasteiger partial charge in [0.15, 0.2) is 5.82 Å². The van der Waals surface area contributed by atoms with Crippen LogP contribution in [0.25, 0.3) is 0 Å². The van der Waals surface area contributed by atoms with Crippen molar-refractivity contribution in [3.05, 3.63) is 16.8 Å². The minimum atomic E-state index is 0.361. The Morgan fingerprint density at radius 2 is 2.00 bits per heavy atom. The number of aryl methyl sites for hydroxylation is 1. The van der Waals surface area contributed by atoms with Gasteiger partial charge in [-0.05, 0) is 33.3 Å². The van der Waals surface area contributed by atoms with E-state index in [1.54, 1.807) is 0 Å². The second-order valence-corrected chi connectivity index (χ2v) is 4.69. The summed E-state index contributed by atoms with van der Waals surface area (Å²) in [6.45, 7) is 10.8. The normalized spacial score (nSPS) is 10.5. The fraction of sp³-hybridized carbons (Fsp3) is 0.615.